The van der Waals surface area contributed by atoms with Crippen molar-refractivity contribution in [2.45, 2.75) is 78.2 Å². The lowest BCUT2D eigenvalue weighted by molar-refractivity contribution is -0.150. The van der Waals surface area contributed by atoms with Gasteiger partial charge in [-0.1, -0.05) is 18.2 Å². The molecule has 1 N–H and O–H groups in total. The van der Waals surface area contributed by atoms with E-state index < -0.39 is 52.9 Å². The Hall–Kier alpha value is -5.11. The molecule has 2 aromatic carbocycles. The number of carbonyl (C=O) groups is 7. The second kappa shape index (κ2) is 13.4. The van der Waals surface area contributed by atoms with Crippen LogP contribution in [0.3, 0.4) is 0 Å². The molecule has 1 unspecified atom stereocenters. The van der Waals surface area contributed by atoms with Crippen molar-refractivity contribution in [2.75, 3.05) is 31.5 Å². The maximum Gasteiger partial charge on any atom is 0.424 e. The van der Waals surface area contributed by atoms with Crippen molar-refractivity contribution in [3.8, 4) is 0 Å². The summed E-state index contributed by atoms with van der Waals surface area (Å²) in [6.45, 7) is 13.0. The molecule has 0 radical (unpaired) electrons. The number of nitrogens with one attached hydrogen (secondary N) is 1. The molecule has 2 fully saturated rings. The molecule has 0 aliphatic carbocycles. The van der Waals surface area contributed by atoms with Crippen LogP contribution in [0.1, 0.15) is 91.0 Å². The Kier molecular flexibility index (Phi) is 9.64. The highest BCUT2D eigenvalue weighted by Crippen LogP contribution is 2.34. The number of hydrogen-bond acceptors (Lipinski definition) is 10. The van der Waals surface area contributed by atoms with Gasteiger partial charge in [0, 0.05) is 44.7 Å². The van der Waals surface area contributed by atoms with Crippen LogP contribution in [-0.2, 0) is 25.6 Å². The van der Waals surface area contributed by atoms with Crippen molar-refractivity contribution < 1.29 is 43.0 Å². The predicted octanol–water partition coefficient (Wildman–Crippen LogP) is 4.04. The summed E-state index contributed by atoms with van der Waals surface area (Å²) >= 11 is 0. The van der Waals surface area contributed by atoms with E-state index in [4.69, 9.17) is 9.47 Å². The van der Waals surface area contributed by atoms with E-state index in [9.17, 15) is 33.6 Å². The highest BCUT2D eigenvalue weighted by molar-refractivity contribution is 6.27. The van der Waals surface area contributed by atoms with E-state index in [0.717, 1.165) is 10.5 Å². The summed E-state index contributed by atoms with van der Waals surface area (Å²) in [7, 11) is 0. The fourth-order valence-corrected chi connectivity index (χ4v) is 5.88. The van der Waals surface area contributed by atoms with Gasteiger partial charge >= 0.3 is 12.2 Å². The highest BCUT2D eigenvalue weighted by atomic mass is 16.6. The van der Waals surface area contributed by atoms with E-state index in [1.165, 1.54) is 18.2 Å². The number of nitrogens with zero attached hydrogens (tertiary/aromatic N) is 4. The normalized spacial score (nSPS) is 18.8. The quantitative estimate of drug-likeness (QED) is 0.458. The molecule has 3 aliphatic rings. The standard InChI is InChI=1S/C35H41N5O9/c1-34(2,3)48-32(46)38-17-15-37(16-18-38)20-21-9-7-10-22(19-21)28(42)36-24-12-8-11-23-27(24)31(45)39(29(23)43)25-13-14-26(41)40(30(25)44)33(47)49-35(4,5)6/h7-12,19,25H,13-18,20H2,1-6H3,(H,36,42). The van der Waals surface area contributed by atoms with E-state index in [2.05, 4.69) is 10.2 Å². The summed E-state index contributed by atoms with van der Waals surface area (Å²) in [5, 5.41) is 2.74. The van der Waals surface area contributed by atoms with Gasteiger partial charge in [-0.25, -0.2) is 9.59 Å². The van der Waals surface area contributed by atoms with Crippen molar-refractivity contribution >= 4 is 47.4 Å². The molecule has 49 heavy (non-hydrogen) atoms. The van der Waals surface area contributed by atoms with E-state index in [-0.39, 0.29) is 35.7 Å². The van der Waals surface area contributed by atoms with Crippen molar-refractivity contribution in [3.05, 3.63) is 64.7 Å². The first-order valence-electron chi connectivity index (χ1n) is 16.1. The third-order valence-electron chi connectivity index (χ3n) is 8.09. The summed E-state index contributed by atoms with van der Waals surface area (Å²) in [6.07, 6.45) is -1.94. The Balaban J connectivity index is 1.26. The average molecular weight is 676 g/mol. The van der Waals surface area contributed by atoms with Crippen molar-refractivity contribution in [1.82, 2.24) is 19.6 Å². The average Bonchev–Trinajstić information content (AvgIpc) is 3.26. The lowest BCUT2D eigenvalue weighted by Crippen LogP contribution is -2.58. The van der Waals surface area contributed by atoms with Gasteiger partial charge < -0.3 is 19.7 Å². The van der Waals surface area contributed by atoms with Gasteiger partial charge in [-0.15, -0.1) is 0 Å². The molecule has 0 saturated carbocycles. The number of rotatable bonds is 5. The number of carbonyl (C=O) groups excluding carboxylic acids is 7. The molecule has 3 aliphatic heterocycles. The monoisotopic (exact) mass is 675 g/mol. The number of anilines is 1. The predicted molar refractivity (Wildman–Crippen MR) is 176 cm³/mol. The van der Waals surface area contributed by atoms with Crippen LogP contribution in [0.15, 0.2) is 42.5 Å². The molecule has 2 saturated heterocycles. The fraction of sp³-hybridized carbons (Fsp3) is 0.457. The molecule has 5 rings (SSSR count). The number of hydrogen-bond donors (Lipinski definition) is 1. The summed E-state index contributed by atoms with van der Waals surface area (Å²) in [4.78, 5) is 96.6. The minimum atomic E-state index is -1.41. The summed E-state index contributed by atoms with van der Waals surface area (Å²) in [5.41, 5.74) is -0.400. The maximum atomic E-state index is 13.7. The molecule has 0 aromatic heterocycles. The van der Waals surface area contributed by atoms with Crippen LogP contribution >= 0.6 is 0 Å². The van der Waals surface area contributed by atoms with Crippen LogP contribution in [-0.4, -0.2) is 105 Å². The van der Waals surface area contributed by atoms with Crippen LogP contribution < -0.4 is 5.32 Å². The minimum Gasteiger partial charge on any atom is -0.444 e. The first-order chi connectivity index (χ1) is 22.9. The Morgan fingerprint density at radius 1 is 0.816 bits per heavy atom. The zero-order valence-electron chi connectivity index (χ0n) is 28.5. The van der Waals surface area contributed by atoms with Crippen molar-refractivity contribution in [2.24, 2.45) is 0 Å². The Morgan fingerprint density at radius 3 is 2.10 bits per heavy atom. The lowest BCUT2D eigenvalue weighted by atomic mass is 10.0. The van der Waals surface area contributed by atoms with Crippen LogP contribution in [0.5, 0.6) is 0 Å². The molecule has 7 amide bonds. The van der Waals surface area contributed by atoms with Gasteiger partial charge in [0.05, 0.1) is 16.8 Å². The molecule has 260 valence electrons. The second-order valence-electron chi connectivity index (χ2n) is 14.2. The molecule has 1 atom stereocenters. The fourth-order valence-electron chi connectivity index (χ4n) is 5.88. The molecular weight excluding hydrogens is 634 g/mol. The Labute approximate surface area is 284 Å². The molecule has 0 spiro atoms. The van der Waals surface area contributed by atoms with Crippen LogP contribution in [0, 0.1) is 0 Å². The molecule has 0 bridgehead atoms. The summed E-state index contributed by atoms with van der Waals surface area (Å²) in [5.74, 6) is -3.94. The van der Waals surface area contributed by atoms with Crippen molar-refractivity contribution in [1.29, 1.82) is 0 Å². The van der Waals surface area contributed by atoms with Gasteiger partial charge in [-0.05, 0) is 77.8 Å². The zero-order valence-corrected chi connectivity index (χ0v) is 28.5. The van der Waals surface area contributed by atoms with E-state index >= 15 is 0 Å². The molecule has 14 nitrogen and oxygen atoms in total. The highest BCUT2D eigenvalue weighted by Gasteiger charge is 2.50. The Morgan fingerprint density at radius 2 is 1.45 bits per heavy atom. The minimum absolute atomic E-state index is 0.0180. The van der Waals surface area contributed by atoms with Gasteiger partial charge in [0.1, 0.15) is 17.2 Å². The number of fused-ring (bicyclic) bond motifs is 1. The first kappa shape index (κ1) is 35.2. The van der Waals surface area contributed by atoms with Crippen molar-refractivity contribution in [3.63, 3.8) is 0 Å². The van der Waals surface area contributed by atoms with Gasteiger partial charge in [-0.3, -0.25) is 33.8 Å². The van der Waals surface area contributed by atoms with E-state index in [1.807, 2.05) is 26.8 Å². The topological polar surface area (TPSA) is 163 Å². The number of likely N-dealkylation sites (tertiary alicyclic amines) is 1. The summed E-state index contributed by atoms with van der Waals surface area (Å²) < 4.78 is 10.7. The second-order valence-corrected chi connectivity index (χ2v) is 14.2. The zero-order chi connectivity index (χ0) is 35.8. The number of amides is 7. The largest absolute Gasteiger partial charge is 0.444 e. The van der Waals surface area contributed by atoms with Gasteiger partial charge in [0.15, 0.2) is 0 Å². The van der Waals surface area contributed by atoms with Crippen LogP contribution in [0.25, 0.3) is 0 Å². The third kappa shape index (κ3) is 7.80. The lowest BCUT2D eigenvalue weighted by Gasteiger charge is -2.35. The maximum absolute atomic E-state index is 13.7. The molecule has 14 heteroatoms. The van der Waals surface area contributed by atoms with Gasteiger partial charge in [0.25, 0.3) is 23.6 Å². The Bertz CT molecular complexity index is 1720. The van der Waals surface area contributed by atoms with E-state index in [1.54, 1.807) is 43.9 Å². The van der Waals surface area contributed by atoms with Crippen LogP contribution in [0.2, 0.25) is 0 Å². The smallest absolute Gasteiger partial charge is 0.424 e. The third-order valence-corrected chi connectivity index (χ3v) is 8.09. The number of ether oxygens (including phenoxy) is 2. The van der Waals surface area contributed by atoms with Gasteiger partial charge in [0.2, 0.25) is 5.91 Å². The summed E-state index contributed by atoms with van der Waals surface area (Å²) in [6, 6.07) is 10.0. The molecule has 3 heterocycles. The SMILES string of the molecule is CC(C)(C)OC(=O)N1CCN(Cc2cccc(C(=O)Nc3cccc4c3C(=O)N(C3CCC(=O)N(C(=O)OC(C)(C)C)C3=O)C4=O)c2)CC1. The van der Waals surface area contributed by atoms with Crippen LogP contribution in [0.4, 0.5) is 15.3 Å². The van der Waals surface area contributed by atoms with Gasteiger partial charge in [-0.2, -0.15) is 4.90 Å². The molecule has 2 aromatic rings. The number of benzene rings is 2. The number of piperazine rings is 1. The first-order valence-corrected chi connectivity index (χ1v) is 16.1. The number of piperidine rings is 1. The molecular formula is C35H41N5O9. The van der Waals surface area contributed by atoms with E-state index in [0.29, 0.717) is 43.2 Å². The number of imide groups is 4.